The first-order valence-corrected chi connectivity index (χ1v) is 15.7. The summed E-state index contributed by atoms with van der Waals surface area (Å²) in [6.07, 6.45) is -2.55. The molecule has 2 fully saturated rings. The molecule has 1 N–H and O–H groups in total. The third kappa shape index (κ3) is 6.41. The molecular weight excluding hydrogens is 623 g/mol. The van der Waals surface area contributed by atoms with E-state index in [-0.39, 0.29) is 61.4 Å². The van der Waals surface area contributed by atoms with Crippen LogP contribution in [-0.2, 0) is 16.1 Å². The quantitative estimate of drug-likeness (QED) is 0.358. The molecule has 0 radical (unpaired) electrons. The van der Waals surface area contributed by atoms with Gasteiger partial charge in [0.25, 0.3) is 11.8 Å². The summed E-state index contributed by atoms with van der Waals surface area (Å²) in [5.41, 5.74) is 1.93. The summed E-state index contributed by atoms with van der Waals surface area (Å²) in [6.45, 7) is 3.46. The second kappa shape index (κ2) is 12.1. The number of amides is 4. The molecule has 4 aliphatic rings. The number of alkyl halides is 3. The van der Waals surface area contributed by atoms with Gasteiger partial charge in [-0.05, 0) is 66.5 Å². The van der Waals surface area contributed by atoms with Crippen LogP contribution >= 0.6 is 0 Å². The summed E-state index contributed by atoms with van der Waals surface area (Å²) < 4.78 is 73.1. The number of carbonyl (C=O) groups excluding carboxylic acids is 4. The number of rotatable bonds is 5. The zero-order valence-electron chi connectivity index (χ0n) is 26.1. The zero-order chi connectivity index (χ0) is 33.8. The number of imide groups is 1. The predicted molar refractivity (Wildman–Crippen MR) is 161 cm³/mol. The van der Waals surface area contributed by atoms with Gasteiger partial charge in [0.15, 0.2) is 0 Å². The maximum atomic E-state index is 15.9. The van der Waals surface area contributed by atoms with Gasteiger partial charge in [0.1, 0.15) is 23.7 Å². The Morgan fingerprint density at radius 1 is 1.00 bits per heavy atom. The van der Waals surface area contributed by atoms with Crippen LogP contribution in [0.3, 0.4) is 0 Å². The van der Waals surface area contributed by atoms with Crippen LogP contribution in [-0.4, -0.2) is 82.8 Å². The number of halogens is 5. The van der Waals surface area contributed by atoms with Crippen molar-refractivity contribution in [1.82, 2.24) is 20.0 Å². The van der Waals surface area contributed by atoms with Gasteiger partial charge in [-0.1, -0.05) is 31.6 Å². The van der Waals surface area contributed by atoms with E-state index in [9.17, 15) is 36.7 Å². The second-order valence-electron chi connectivity index (χ2n) is 13.6. The molecule has 3 aliphatic heterocycles. The monoisotopic (exact) mass is 658 g/mol. The van der Waals surface area contributed by atoms with E-state index in [1.165, 1.54) is 18.2 Å². The van der Waals surface area contributed by atoms with Gasteiger partial charge >= 0.3 is 6.18 Å². The normalized spacial score (nSPS) is 23.7. The molecule has 0 spiro atoms. The minimum Gasteiger partial charge on any atom is -0.324 e. The van der Waals surface area contributed by atoms with Crippen LogP contribution in [0.2, 0.25) is 0 Å². The van der Waals surface area contributed by atoms with Crippen molar-refractivity contribution in [3.05, 3.63) is 75.9 Å². The Balaban J connectivity index is 1.22. The van der Waals surface area contributed by atoms with E-state index in [4.69, 9.17) is 0 Å². The standard InChI is InChI=1S/C34H35F5N4O4/c1-33(2)12-11-20(24(15-33)19-3-5-21(35)6-4-19)16-41-13-14-42(27(18-41)34(37,38)39)32(47)23-8-7-22-25(29(23)36)17-43(31(22)46)26-9-10-28(44)40-30(26)45/h3-8,26-27H,9-18H2,1-2H3,(H,40,44,45). The van der Waals surface area contributed by atoms with Gasteiger partial charge in [0, 0.05) is 43.7 Å². The van der Waals surface area contributed by atoms with Crippen LogP contribution in [0.4, 0.5) is 22.0 Å². The Kier molecular flexibility index (Phi) is 8.48. The largest absolute Gasteiger partial charge is 0.410 e. The summed E-state index contributed by atoms with van der Waals surface area (Å²) in [5.74, 6) is -4.45. The fourth-order valence-electron chi connectivity index (χ4n) is 7.16. The van der Waals surface area contributed by atoms with Gasteiger partial charge in [-0.15, -0.1) is 0 Å². The average molecular weight is 659 g/mol. The summed E-state index contributed by atoms with van der Waals surface area (Å²) in [6, 6.07) is 5.11. The SMILES string of the molecule is CC1(C)CCC(CN2CCN(C(=O)c3ccc4c(c3F)CN(C3CCC(=O)NC3=O)C4=O)C(C(F)(F)F)C2)=C(c2ccc(F)cc2)C1. The topological polar surface area (TPSA) is 90.0 Å². The number of allylic oxidation sites excluding steroid dienone is 1. The highest BCUT2D eigenvalue weighted by molar-refractivity contribution is 6.06. The smallest absolute Gasteiger partial charge is 0.324 e. The van der Waals surface area contributed by atoms with E-state index in [1.54, 1.807) is 17.0 Å². The first kappa shape index (κ1) is 32.8. The number of piperidine rings is 1. The number of piperazine rings is 1. The number of hydrogen-bond acceptors (Lipinski definition) is 5. The molecule has 2 aromatic carbocycles. The van der Waals surface area contributed by atoms with E-state index >= 15 is 4.39 Å². The number of nitrogens with one attached hydrogen (secondary N) is 1. The lowest BCUT2D eigenvalue weighted by molar-refractivity contribution is -0.188. The summed E-state index contributed by atoms with van der Waals surface area (Å²) in [7, 11) is 0. The minimum absolute atomic E-state index is 0.00359. The molecule has 0 aromatic heterocycles. The third-order valence-corrected chi connectivity index (χ3v) is 9.78. The highest BCUT2D eigenvalue weighted by Gasteiger charge is 2.49. The van der Waals surface area contributed by atoms with Crippen molar-refractivity contribution in [1.29, 1.82) is 0 Å². The van der Waals surface area contributed by atoms with Crippen LogP contribution < -0.4 is 5.32 Å². The van der Waals surface area contributed by atoms with Crippen molar-refractivity contribution < 1.29 is 41.1 Å². The van der Waals surface area contributed by atoms with E-state index in [0.29, 0.717) is 17.7 Å². The molecule has 1 aliphatic carbocycles. The van der Waals surface area contributed by atoms with E-state index in [2.05, 4.69) is 19.2 Å². The Hall–Kier alpha value is -4.13. The molecule has 6 rings (SSSR count). The van der Waals surface area contributed by atoms with Gasteiger partial charge in [-0.2, -0.15) is 13.2 Å². The number of fused-ring (bicyclic) bond motifs is 1. The first-order chi connectivity index (χ1) is 22.1. The van der Waals surface area contributed by atoms with Crippen molar-refractivity contribution in [2.24, 2.45) is 5.41 Å². The molecule has 8 nitrogen and oxygen atoms in total. The molecule has 2 unspecified atom stereocenters. The van der Waals surface area contributed by atoms with Crippen molar-refractivity contribution in [2.45, 2.75) is 70.8 Å². The Bertz CT molecular complexity index is 1670. The van der Waals surface area contributed by atoms with Gasteiger partial charge in [0.2, 0.25) is 11.8 Å². The number of benzene rings is 2. The summed E-state index contributed by atoms with van der Waals surface area (Å²) in [4.78, 5) is 54.0. The maximum Gasteiger partial charge on any atom is 0.410 e. The Morgan fingerprint density at radius 2 is 1.72 bits per heavy atom. The lowest BCUT2D eigenvalue weighted by Gasteiger charge is -2.43. The van der Waals surface area contributed by atoms with Crippen LogP contribution in [0.15, 0.2) is 42.0 Å². The molecule has 4 amide bonds. The molecule has 0 saturated carbocycles. The van der Waals surface area contributed by atoms with E-state index in [1.807, 2.05) is 0 Å². The number of hydrogen-bond donors (Lipinski definition) is 1. The van der Waals surface area contributed by atoms with Crippen molar-refractivity contribution >= 4 is 29.2 Å². The summed E-state index contributed by atoms with van der Waals surface area (Å²) >= 11 is 0. The minimum atomic E-state index is -4.80. The van der Waals surface area contributed by atoms with Crippen LogP contribution in [0.1, 0.15) is 77.8 Å². The van der Waals surface area contributed by atoms with Gasteiger partial charge in [0.05, 0.1) is 12.1 Å². The van der Waals surface area contributed by atoms with Crippen LogP contribution in [0.5, 0.6) is 0 Å². The average Bonchev–Trinajstić information content (AvgIpc) is 3.34. The van der Waals surface area contributed by atoms with Crippen molar-refractivity contribution in [3.63, 3.8) is 0 Å². The lowest BCUT2D eigenvalue weighted by atomic mass is 9.72. The van der Waals surface area contributed by atoms with E-state index < -0.39 is 59.8 Å². The fraction of sp³-hybridized carbons (Fsp3) is 0.471. The molecule has 13 heteroatoms. The van der Waals surface area contributed by atoms with Crippen LogP contribution in [0, 0.1) is 17.0 Å². The molecule has 47 heavy (non-hydrogen) atoms. The van der Waals surface area contributed by atoms with Gasteiger partial charge in [-0.3, -0.25) is 29.4 Å². The Morgan fingerprint density at radius 3 is 2.40 bits per heavy atom. The van der Waals surface area contributed by atoms with Gasteiger partial charge < -0.3 is 9.80 Å². The van der Waals surface area contributed by atoms with Crippen molar-refractivity contribution in [2.75, 3.05) is 26.2 Å². The van der Waals surface area contributed by atoms with Crippen LogP contribution in [0.25, 0.3) is 5.57 Å². The third-order valence-electron chi connectivity index (χ3n) is 9.78. The molecule has 2 atom stereocenters. The highest BCUT2D eigenvalue weighted by atomic mass is 19.4. The number of nitrogens with zero attached hydrogens (tertiary/aromatic N) is 3. The lowest BCUT2D eigenvalue weighted by Crippen LogP contribution is -2.61. The zero-order valence-corrected chi connectivity index (χ0v) is 26.1. The van der Waals surface area contributed by atoms with E-state index in [0.717, 1.165) is 34.1 Å². The molecule has 0 bridgehead atoms. The molecule has 250 valence electrons. The molecular formula is C34H35F5N4O4. The van der Waals surface area contributed by atoms with Gasteiger partial charge in [-0.25, -0.2) is 8.78 Å². The molecule has 2 saturated heterocycles. The number of carbonyl (C=O) groups is 4. The highest BCUT2D eigenvalue weighted by Crippen LogP contribution is 2.43. The first-order valence-electron chi connectivity index (χ1n) is 15.7. The fourth-order valence-corrected chi connectivity index (χ4v) is 7.16. The van der Waals surface area contributed by atoms with Crippen molar-refractivity contribution in [3.8, 4) is 0 Å². The Labute approximate surface area is 268 Å². The second-order valence-corrected chi connectivity index (χ2v) is 13.6. The molecule has 2 aromatic rings. The maximum absolute atomic E-state index is 15.9. The molecule has 3 heterocycles. The predicted octanol–water partition coefficient (Wildman–Crippen LogP) is 5.08. The summed E-state index contributed by atoms with van der Waals surface area (Å²) in [5, 5.41) is 2.15.